The normalized spacial score (nSPS) is 11.5. The summed E-state index contributed by atoms with van der Waals surface area (Å²) < 4.78 is 2.20. The maximum atomic E-state index is 6.08. The molecular formula is C14H10Cl3N. The number of hydrogen-bond donors (Lipinski definition) is 0. The monoisotopic (exact) mass is 297 g/mol. The molecule has 0 fully saturated rings. The van der Waals surface area contributed by atoms with Gasteiger partial charge in [0.05, 0.1) is 0 Å². The van der Waals surface area contributed by atoms with E-state index in [4.69, 9.17) is 34.8 Å². The number of nitrogens with zero attached hydrogens (tertiary/aromatic N) is 1. The first kappa shape index (κ1) is 12.2. The number of halogens is 3. The number of aromatic nitrogens is 1. The van der Waals surface area contributed by atoms with Crippen molar-refractivity contribution in [2.45, 2.75) is 6.54 Å². The van der Waals surface area contributed by atoms with E-state index in [-0.39, 0.29) is 0 Å². The van der Waals surface area contributed by atoms with E-state index in [0.29, 0.717) is 5.88 Å². The molecule has 4 heteroatoms. The molecule has 0 saturated heterocycles. The summed E-state index contributed by atoms with van der Waals surface area (Å²) >= 11 is 18.0. The highest BCUT2D eigenvalue weighted by molar-refractivity contribution is 6.33. The summed E-state index contributed by atoms with van der Waals surface area (Å²) in [5.41, 5.74) is 2.27. The van der Waals surface area contributed by atoms with E-state index in [0.717, 1.165) is 38.4 Å². The lowest BCUT2D eigenvalue weighted by Crippen LogP contribution is -1.97. The highest BCUT2D eigenvalue weighted by Gasteiger charge is 2.10. The second kappa shape index (κ2) is 4.65. The first-order valence-corrected chi connectivity index (χ1v) is 6.93. The summed E-state index contributed by atoms with van der Waals surface area (Å²) in [4.78, 5) is 0. The number of alkyl halides is 1. The molecule has 0 atom stereocenters. The SMILES string of the molecule is ClCCn1c2ccc(Cl)cc2c2cc(Cl)ccc21. The molecule has 0 unspecified atom stereocenters. The van der Waals surface area contributed by atoms with Gasteiger partial charge in [-0.3, -0.25) is 0 Å². The molecule has 0 aliphatic rings. The van der Waals surface area contributed by atoms with Gasteiger partial charge >= 0.3 is 0 Å². The summed E-state index contributed by atoms with van der Waals surface area (Å²) in [7, 11) is 0. The number of rotatable bonds is 2. The number of aryl methyl sites for hydroxylation is 1. The zero-order chi connectivity index (χ0) is 12.7. The Balaban J connectivity index is 2.48. The molecule has 0 aliphatic carbocycles. The third-order valence-corrected chi connectivity index (χ3v) is 3.74. The minimum absolute atomic E-state index is 0.574. The second-order valence-corrected chi connectivity index (χ2v) is 5.41. The average Bonchev–Trinajstić information content (AvgIpc) is 2.64. The molecule has 0 bridgehead atoms. The number of fused-ring (bicyclic) bond motifs is 3. The lowest BCUT2D eigenvalue weighted by atomic mass is 10.1. The van der Waals surface area contributed by atoms with Crippen molar-refractivity contribution in [2.24, 2.45) is 0 Å². The topological polar surface area (TPSA) is 4.93 Å². The number of hydrogen-bond acceptors (Lipinski definition) is 0. The molecule has 1 aromatic heterocycles. The highest BCUT2D eigenvalue weighted by Crippen LogP contribution is 2.32. The zero-order valence-electron chi connectivity index (χ0n) is 9.46. The largest absolute Gasteiger partial charge is 0.339 e. The van der Waals surface area contributed by atoms with Crippen LogP contribution in [0.25, 0.3) is 21.8 Å². The third kappa shape index (κ3) is 1.87. The van der Waals surface area contributed by atoms with Gasteiger partial charge in [-0.25, -0.2) is 0 Å². The van der Waals surface area contributed by atoms with Gasteiger partial charge in [-0.15, -0.1) is 11.6 Å². The smallest absolute Gasteiger partial charge is 0.0492 e. The molecule has 0 saturated carbocycles. The van der Waals surface area contributed by atoms with Gasteiger partial charge in [0.2, 0.25) is 0 Å². The van der Waals surface area contributed by atoms with Gasteiger partial charge < -0.3 is 4.57 Å². The van der Waals surface area contributed by atoms with E-state index < -0.39 is 0 Å². The molecule has 0 spiro atoms. The fourth-order valence-corrected chi connectivity index (χ4v) is 2.89. The molecule has 1 nitrogen and oxygen atoms in total. The first-order chi connectivity index (χ1) is 8.70. The van der Waals surface area contributed by atoms with Crippen molar-refractivity contribution in [1.29, 1.82) is 0 Å². The molecule has 0 amide bonds. The van der Waals surface area contributed by atoms with Crippen LogP contribution in [0.3, 0.4) is 0 Å². The Morgan fingerprint density at radius 3 is 1.78 bits per heavy atom. The van der Waals surface area contributed by atoms with Gasteiger partial charge in [0.25, 0.3) is 0 Å². The van der Waals surface area contributed by atoms with E-state index in [1.54, 1.807) is 0 Å². The van der Waals surface area contributed by atoms with Crippen LogP contribution in [-0.2, 0) is 6.54 Å². The Hall–Kier alpha value is -0.890. The summed E-state index contributed by atoms with van der Waals surface area (Å²) in [6, 6.07) is 11.8. The molecule has 0 N–H and O–H groups in total. The van der Waals surface area contributed by atoms with Gasteiger partial charge in [-0.2, -0.15) is 0 Å². The predicted molar refractivity (Wildman–Crippen MR) is 80.2 cm³/mol. The maximum absolute atomic E-state index is 6.08. The van der Waals surface area contributed by atoms with E-state index in [1.165, 1.54) is 0 Å². The molecule has 3 aromatic rings. The van der Waals surface area contributed by atoms with Crippen molar-refractivity contribution in [2.75, 3.05) is 5.88 Å². The summed E-state index contributed by atoms with van der Waals surface area (Å²) in [5, 5.41) is 3.69. The molecule has 3 rings (SSSR count). The fourth-order valence-electron chi connectivity index (χ4n) is 2.37. The maximum Gasteiger partial charge on any atom is 0.0492 e. The summed E-state index contributed by atoms with van der Waals surface area (Å²) in [6.45, 7) is 0.769. The minimum Gasteiger partial charge on any atom is -0.339 e. The molecule has 92 valence electrons. The fraction of sp³-hybridized carbons (Fsp3) is 0.143. The Morgan fingerprint density at radius 1 is 0.833 bits per heavy atom. The van der Waals surface area contributed by atoms with Gasteiger partial charge in [-0.05, 0) is 36.4 Å². The second-order valence-electron chi connectivity index (χ2n) is 4.16. The zero-order valence-corrected chi connectivity index (χ0v) is 11.7. The molecular weight excluding hydrogens is 289 g/mol. The Bertz CT molecular complexity index is 671. The van der Waals surface area contributed by atoms with Crippen LogP contribution in [0.5, 0.6) is 0 Å². The Morgan fingerprint density at radius 2 is 1.33 bits per heavy atom. The van der Waals surface area contributed by atoms with Crippen LogP contribution in [0.15, 0.2) is 36.4 Å². The molecule has 0 aliphatic heterocycles. The van der Waals surface area contributed by atoms with Gasteiger partial charge in [0.1, 0.15) is 0 Å². The van der Waals surface area contributed by atoms with Gasteiger partial charge in [0, 0.05) is 44.3 Å². The van der Waals surface area contributed by atoms with E-state index >= 15 is 0 Å². The highest BCUT2D eigenvalue weighted by atomic mass is 35.5. The van der Waals surface area contributed by atoms with Crippen LogP contribution in [0.1, 0.15) is 0 Å². The van der Waals surface area contributed by atoms with Crippen molar-refractivity contribution in [3.8, 4) is 0 Å². The summed E-state index contributed by atoms with van der Waals surface area (Å²) in [5.74, 6) is 0.574. The van der Waals surface area contributed by atoms with E-state index in [9.17, 15) is 0 Å². The number of benzene rings is 2. The van der Waals surface area contributed by atoms with Crippen LogP contribution in [0, 0.1) is 0 Å². The van der Waals surface area contributed by atoms with Crippen LogP contribution < -0.4 is 0 Å². The first-order valence-electron chi connectivity index (χ1n) is 5.63. The van der Waals surface area contributed by atoms with E-state index in [1.807, 2.05) is 36.4 Å². The molecule has 1 heterocycles. The third-order valence-electron chi connectivity index (χ3n) is 3.10. The van der Waals surface area contributed by atoms with Crippen molar-refractivity contribution in [3.63, 3.8) is 0 Å². The average molecular weight is 299 g/mol. The standard InChI is InChI=1S/C14H10Cl3N/c15-5-6-18-13-3-1-9(16)7-11(13)12-8-10(17)2-4-14(12)18/h1-4,7-8H,5-6H2. The lowest BCUT2D eigenvalue weighted by Gasteiger charge is -2.04. The van der Waals surface area contributed by atoms with Gasteiger partial charge in [-0.1, -0.05) is 23.2 Å². The van der Waals surface area contributed by atoms with Crippen LogP contribution in [0.4, 0.5) is 0 Å². The van der Waals surface area contributed by atoms with Crippen molar-refractivity contribution in [3.05, 3.63) is 46.4 Å². The van der Waals surface area contributed by atoms with Crippen molar-refractivity contribution < 1.29 is 0 Å². The van der Waals surface area contributed by atoms with Crippen molar-refractivity contribution in [1.82, 2.24) is 4.57 Å². The van der Waals surface area contributed by atoms with Crippen LogP contribution >= 0.6 is 34.8 Å². The molecule has 2 aromatic carbocycles. The molecule has 0 radical (unpaired) electrons. The van der Waals surface area contributed by atoms with Gasteiger partial charge in [0.15, 0.2) is 0 Å². The lowest BCUT2D eigenvalue weighted by molar-refractivity contribution is 0.834. The predicted octanol–water partition coefficient (Wildman–Crippen LogP) is 5.34. The Labute approximate surface area is 120 Å². The quantitative estimate of drug-likeness (QED) is 0.563. The molecule has 18 heavy (non-hydrogen) atoms. The van der Waals surface area contributed by atoms with Crippen molar-refractivity contribution >= 4 is 56.6 Å². The van der Waals surface area contributed by atoms with E-state index in [2.05, 4.69) is 4.57 Å². The Kier molecular flexibility index (Phi) is 3.14. The minimum atomic E-state index is 0.574. The van der Waals surface area contributed by atoms with Crippen LogP contribution in [-0.4, -0.2) is 10.4 Å². The van der Waals surface area contributed by atoms with Crippen LogP contribution in [0.2, 0.25) is 10.0 Å². The summed E-state index contributed by atoms with van der Waals surface area (Å²) in [6.07, 6.45) is 0.